The van der Waals surface area contributed by atoms with Crippen LogP contribution in [0.1, 0.15) is 0 Å². The molecule has 0 saturated heterocycles. The Morgan fingerprint density at radius 2 is 1.00 bits per heavy atom. The molecule has 0 aromatic rings. The molecule has 0 rings (SSSR count). The van der Waals surface area contributed by atoms with Crippen LogP contribution in [0.15, 0.2) is 0 Å². The first-order valence-corrected chi connectivity index (χ1v) is 2.83. The number of hydrogen-bond acceptors (Lipinski definition) is 4. The molecule has 0 atom stereocenters. The zero-order chi connectivity index (χ0) is 5.41. The Morgan fingerprint density at radius 3 is 1.00 bits per heavy atom. The Hall–Kier alpha value is 0.894. The molecule has 0 heterocycles. The van der Waals surface area contributed by atoms with Gasteiger partial charge in [0.15, 0.2) is 0 Å². The molecule has 0 saturated carbocycles. The monoisotopic (exact) mass is 162 g/mol. The van der Waals surface area contributed by atoms with E-state index < -0.39 is 19.3 Å². The second kappa shape index (κ2) is 28.6. The minimum absolute atomic E-state index is 0. The predicted molar refractivity (Wildman–Crippen MR) is 21.4 cm³/mol. The summed E-state index contributed by atoms with van der Waals surface area (Å²) in [6.07, 6.45) is 0. The minimum atomic E-state index is -1.75. The standard InChI is InChI=1S/Ca.2HO2Si/c;2*1-3-2/h;2*3H/q+2;2*-1. The number of rotatable bonds is 0. The SMILES string of the molecule is O=[SiH][O-].O=[SiH][O-].[Ca+2]. The molecule has 0 fully saturated rings. The van der Waals surface area contributed by atoms with Gasteiger partial charge in [-0.2, -0.15) is 0 Å². The smallest absolute Gasteiger partial charge is 0.591 e. The molecule has 0 unspecified atom stereocenters. The van der Waals surface area contributed by atoms with Gasteiger partial charge in [-0.3, -0.25) is 0 Å². The summed E-state index contributed by atoms with van der Waals surface area (Å²) in [5, 5.41) is 0. The average molecular weight is 162 g/mol. The van der Waals surface area contributed by atoms with Crippen LogP contribution in [0.4, 0.5) is 0 Å². The maximum atomic E-state index is 8.46. The molecule has 36 valence electrons. The summed E-state index contributed by atoms with van der Waals surface area (Å²) in [6, 6.07) is 0. The average Bonchev–Trinajstić information content (AvgIpc) is 1.39. The molecule has 0 aliphatic rings. The van der Waals surface area contributed by atoms with Gasteiger partial charge in [-0.1, -0.05) is 0 Å². The number of hydrogen-bond donors (Lipinski definition) is 0. The van der Waals surface area contributed by atoms with E-state index in [4.69, 9.17) is 18.5 Å². The van der Waals surface area contributed by atoms with Gasteiger partial charge in [0.05, 0.1) is 0 Å². The third-order valence-corrected chi connectivity index (χ3v) is 0. The molecule has 0 aromatic carbocycles. The first-order chi connectivity index (χ1) is 2.83. The van der Waals surface area contributed by atoms with Crippen LogP contribution in [-0.4, -0.2) is 57.0 Å². The van der Waals surface area contributed by atoms with Crippen molar-refractivity contribution in [2.75, 3.05) is 0 Å². The van der Waals surface area contributed by atoms with Crippen molar-refractivity contribution in [1.82, 2.24) is 0 Å². The molecule has 0 aliphatic heterocycles. The Balaban J connectivity index is -0.0000000400. The maximum Gasteiger partial charge on any atom is 2.00 e. The molecule has 0 spiro atoms. The van der Waals surface area contributed by atoms with E-state index in [1.54, 1.807) is 0 Å². The predicted octanol–water partition coefficient (Wildman–Crippen LogP) is -4.29. The van der Waals surface area contributed by atoms with Crippen LogP contribution in [0.3, 0.4) is 0 Å². The fraction of sp³-hybridized carbons (Fsp3) is 0. The summed E-state index contributed by atoms with van der Waals surface area (Å²) in [4.78, 5) is 16.9. The normalized spacial score (nSPS) is 3.43. The van der Waals surface area contributed by atoms with Crippen LogP contribution in [0.2, 0.25) is 0 Å². The summed E-state index contributed by atoms with van der Waals surface area (Å²) in [5.74, 6) is 0. The van der Waals surface area contributed by atoms with Gasteiger partial charge in [0.2, 0.25) is 0 Å². The van der Waals surface area contributed by atoms with Crippen molar-refractivity contribution in [3.63, 3.8) is 0 Å². The van der Waals surface area contributed by atoms with Crippen LogP contribution in [0, 0.1) is 0 Å². The van der Waals surface area contributed by atoms with Crippen molar-refractivity contribution in [2.24, 2.45) is 0 Å². The Bertz CT molecular complexity index is 30.7. The minimum Gasteiger partial charge on any atom is -0.591 e. The first-order valence-electron chi connectivity index (χ1n) is 0.943. The molecular weight excluding hydrogens is 160 g/mol. The van der Waals surface area contributed by atoms with E-state index in [0.717, 1.165) is 0 Å². The molecule has 0 amide bonds. The Labute approximate surface area is 74.9 Å². The van der Waals surface area contributed by atoms with Gasteiger partial charge < -0.3 is 18.5 Å². The molecule has 0 radical (unpaired) electrons. The fourth-order valence-corrected chi connectivity index (χ4v) is 0. The van der Waals surface area contributed by atoms with Gasteiger partial charge in [0.1, 0.15) is 19.3 Å². The molecule has 0 bridgehead atoms. The summed E-state index contributed by atoms with van der Waals surface area (Å²) in [6.45, 7) is 0. The van der Waals surface area contributed by atoms with E-state index in [9.17, 15) is 0 Å². The molecule has 7 heavy (non-hydrogen) atoms. The largest absolute Gasteiger partial charge is 2.00 e. The van der Waals surface area contributed by atoms with Gasteiger partial charge in [-0.25, -0.2) is 0 Å². The van der Waals surface area contributed by atoms with E-state index in [0.29, 0.717) is 0 Å². The van der Waals surface area contributed by atoms with Gasteiger partial charge in [-0.15, -0.1) is 0 Å². The maximum absolute atomic E-state index is 8.46. The Kier molecular flexibility index (Phi) is 64.0. The van der Waals surface area contributed by atoms with Gasteiger partial charge in [0, 0.05) is 0 Å². The molecule has 0 aromatic heterocycles. The molecule has 4 nitrogen and oxygen atoms in total. The summed E-state index contributed by atoms with van der Waals surface area (Å²) in [5.41, 5.74) is 0. The van der Waals surface area contributed by atoms with E-state index >= 15 is 0 Å². The molecule has 0 aliphatic carbocycles. The fourth-order valence-electron chi connectivity index (χ4n) is 0. The van der Waals surface area contributed by atoms with Crippen molar-refractivity contribution >= 4 is 57.0 Å². The van der Waals surface area contributed by atoms with E-state index in [1.165, 1.54) is 0 Å². The van der Waals surface area contributed by atoms with E-state index in [1.807, 2.05) is 0 Å². The molecule has 0 N–H and O–H groups in total. The quantitative estimate of drug-likeness (QED) is 0.338. The van der Waals surface area contributed by atoms with Gasteiger partial charge >= 0.3 is 37.7 Å². The van der Waals surface area contributed by atoms with Crippen LogP contribution in [-0.2, 0) is 8.92 Å². The zero-order valence-corrected chi connectivity index (χ0v) is 8.01. The van der Waals surface area contributed by atoms with E-state index in [2.05, 4.69) is 0 Å². The van der Waals surface area contributed by atoms with Crippen LogP contribution >= 0.6 is 0 Å². The van der Waals surface area contributed by atoms with Crippen molar-refractivity contribution in [2.45, 2.75) is 0 Å². The Morgan fingerprint density at radius 1 is 1.00 bits per heavy atom. The zero-order valence-electron chi connectivity index (χ0n) is 3.49. The molecular formula is H2CaO4Si2. The third kappa shape index (κ3) is 207. The second-order valence-electron chi connectivity index (χ2n) is 0.192. The third-order valence-electron chi connectivity index (χ3n) is 0. The van der Waals surface area contributed by atoms with E-state index in [-0.39, 0.29) is 37.7 Å². The van der Waals surface area contributed by atoms with Gasteiger partial charge in [0.25, 0.3) is 0 Å². The topological polar surface area (TPSA) is 80.3 Å². The van der Waals surface area contributed by atoms with Crippen molar-refractivity contribution in [1.29, 1.82) is 0 Å². The summed E-state index contributed by atoms with van der Waals surface area (Å²) in [7, 11) is -3.50. The summed E-state index contributed by atoms with van der Waals surface area (Å²) >= 11 is 0. The molecule has 7 heteroatoms. The first kappa shape index (κ1) is 15.7. The van der Waals surface area contributed by atoms with Crippen LogP contribution in [0.25, 0.3) is 0 Å². The van der Waals surface area contributed by atoms with Crippen LogP contribution in [0.5, 0.6) is 0 Å². The van der Waals surface area contributed by atoms with Crippen molar-refractivity contribution < 1.29 is 18.5 Å². The second-order valence-corrected chi connectivity index (χ2v) is 0.577. The van der Waals surface area contributed by atoms with Gasteiger partial charge in [-0.05, 0) is 0 Å². The summed E-state index contributed by atoms with van der Waals surface area (Å²) < 4.78 is 16.9. The van der Waals surface area contributed by atoms with Crippen molar-refractivity contribution in [3.05, 3.63) is 0 Å². The van der Waals surface area contributed by atoms with Crippen LogP contribution < -0.4 is 9.59 Å². The van der Waals surface area contributed by atoms with Crippen molar-refractivity contribution in [3.8, 4) is 0 Å².